The van der Waals surface area contributed by atoms with Gasteiger partial charge in [-0.25, -0.2) is 9.69 Å². The summed E-state index contributed by atoms with van der Waals surface area (Å²) in [6.45, 7) is 13.4. The van der Waals surface area contributed by atoms with Gasteiger partial charge in [0.05, 0.1) is 12.5 Å². The molecule has 2 atom stereocenters. The van der Waals surface area contributed by atoms with Gasteiger partial charge in [0.25, 0.3) is 0 Å². The van der Waals surface area contributed by atoms with Crippen LogP contribution in [0.3, 0.4) is 0 Å². The van der Waals surface area contributed by atoms with E-state index in [-0.39, 0.29) is 36.8 Å². The third-order valence-electron chi connectivity index (χ3n) is 3.85. The number of hydrogen-bond acceptors (Lipinski definition) is 5. The van der Waals surface area contributed by atoms with Gasteiger partial charge in [0, 0.05) is 5.92 Å². The van der Waals surface area contributed by atoms with E-state index < -0.39 is 23.6 Å². The molecule has 0 radical (unpaired) electrons. The Morgan fingerprint density at radius 2 is 1.83 bits per heavy atom. The molecule has 0 bridgehead atoms. The second kappa shape index (κ2) is 7.99. The first-order chi connectivity index (χ1) is 10.9. The molecule has 138 valence electrons. The predicted octanol–water partition coefficient (Wildman–Crippen LogP) is 3.38. The van der Waals surface area contributed by atoms with Gasteiger partial charge in [-0.05, 0) is 39.0 Å². The highest BCUT2D eigenvalue weighted by Crippen LogP contribution is 2.27. The summed E-state index contributed by atoms with van der Waals surface area (Å²) in [5.41, 5.74) is -0.602. The maximum absolute atomic E-state index is 12.9. The van der Waals surface area contributed by atoms with Gasteiger partial charge in [-0.15, -0.1) is 0 Å². The summed E-state index contributed by atoms with van der Waals surface area (Å²) >= 11 is 0. The number of nitrogens with zero attached hydrogens (tertiary/aromatic N) is 1. The van der Waals surface area contributed by atoms with Crippen molar-refractivity contribution in [3.63, 3.8) is 0 Å². The van der Waals surface area contributed by atoms with Crippen LogP contribution >= 0.6 is 0 Å². The summed E-state index contributed by atoms with van der Waals surface area (Å²) < 4.78 is 10.4. The molecule has 1 saturated heterocycles. The van der Waals surface area contributed by atoms with E-state index in [2.05, 4.69) is 0 Å². The van der Waals surface area contributed by atoms with E-state index in [1.165, 1.54) is 4.90 Å². The Labute approximate surface area is 144 Å². The van der Waals surface area contributed by atoms with E-state index in [9.17, 15) is 14.4 Å². The molecule has 2 amide bonds. The maximum atomic E-state index is 12.9. The zero-order chi connectivity index (χ0) is 18.7. The highest BCUT2D eigenvalue weighted by atomic mass is 16.6. The standard InChI is InChI=1S/C18H31NO5/c1-11(2)8-13(9-15(20)24-18(5,6)7)16(21)19-14(12(3)4)10-23-17(19)22/h11-14H,8-10H2,1-7H3/t13-,14-/m1/s1. The quantitative estimate of drug-likeness (QED) is 0.693. The molecule has 0 N–H and O–H groups in total. The predicted molar refractivity (Wildman–Crippen MR) is 90.2 cm³/mol. The van der Waals surface area contributed by atoms with Crippen LogP contribution in [-0.2, 0) is 19.1 Å². The summed E-state index contributed by atoms with van der Waals surface area (Å²) in [4.78, 5) is 38.3. The van der Waals surface area contributed by atoms with Crippen molar-refractivity contribution in [2.75, 3.05) is 6.61 Å². The molecule has 0 unspecified atom stereocenters. The summed E-state index contributed by atoms with van der Waals surface area (Å²) in [5.74, 6) is -1.02. The second-order valence-corrected chi connectivity index (χ2v) is 8.21. The van der Waals surface area contributed by atoms with E-state index >= 15 is 0 Å². The van der Waals surface area contributed by atoms with Crippen molar-refractivity contribution in [2.24, 2.45) is 17.8 Å². The van der Waals surface area contributed by atoms with Crippen LogP contribution in [0, 0.1) is 17.8 Å². The highest BCUT2D eigenvalue weighted by molar-refractivity contribution is 5.96. The monoisotopic (exact) mass is 341 g/mol. The first kappa shape index (κ1) is 20.5. The van der Waals surface area contributed by atoms with E-state index in [1.54, 1.807) is 20.8 Å². The lowest BCUT2D eigenvalue weighted by molar-refractivity contribution is -0.158. The highest BCUT2D eigenvalue weighted by Gasteiger charge is 2.42. The smallest absolute Gasteiger partial charge is 0.416 e. The fourth-order valence-corrected chi connectivity index (χ4v) is 2.80. The molecule has 0 aromatic rings. The summed E-state index contributed by atoms with van der Waals surface area (Å²) in [5, 5.41) is 0. The number of esters is 1. The number of hydrogen-bond donors (Lipinski definition) is 0. The zero-order valence-corrected chi connectivity index (χ0v) is 15.9. The zero-order valence-electron chi connectivity index (χ0n) is 15.9. The van der Waals surface area contributed by atoms with Crippen LogP contribution in [0.15, 0.2) is 0 Å². The molecule has 1 heterocycles. The number of carbonyl (C=O) groups excluding carboxylic acids is 3. The van der Waals surface area contributed by atoms with E-state index in [1.807, 2.05) is 27.7 Å². The summed E-state index contributed by atoms with van der Waals surface area (Å²) in [7, 11) is 0. The van der Waals surface area contributed by atoms with E-state index in [0.29, 0.717) is 6.42 Å². The molecule has 0 saturated carbocycles. The van der Waals surface area contributed by atoms with Crippen molar-refractivity contribution in [3.8, 4) is 0 Å². The summed E-state index contributed by atoms with van der Waals surface area (Å²) in [6.07, 6.45) is -0.119. The second-order valence-electron chi connectivity index (χ2n) is 8.21. The van der Waals surface area contributed by atoms with Crippen molar-refractivity contribution in [2.45, 2.75) is 73.0 Å². The molecule has 0 aliphatic carbocycles. The van der Waals surface area contributed by atoms with Crippen LogP contribution in [0.25, 0.3) is 0 Å². The van der Waals surface area contributed by atoms with Crippen molar-refractivity contribution >= 4 is 18.0 Å². The first-order valence-corrected chi connectivity index (χ1v) is 8.64. The van der Waals surface area contributed by atoms with Crippen molar-refractivity contribution in [3.05, 3.63) is 0 Å². The molecule has 1 aliphatic heterocycles. The normalized spacial score (nSPS) is 19.6. The first-order valence-electron chi connectivity index (χ1n) is 8.64. The van der Waals surface area contributed by atoms with Gasteiger partial charge in [0.2, 0.25) is 5.91 Å². The number of imide groups is 1. The Kier molecular flexibility index (Phi) is 6.81. The Morgan fingerprint density at radius 1 is 1.25 bits per heavy atom. The summed E-state index contributed by atoms with van der Waals surface area (Å²) in [6, 6.07) is -0.279. The number of carbonyl (C=O) groups is 3. The molecule has 24 heavy (non-hydrogen) atoms. The van der Waals surface area contributed by atoms with Gasteiger partial charge >= 0.3 is 12.1 Å². The Balaban J connectivity index is 2.92. The van der Waals surface area contributed by atoms with Crippen LogP contribution in [0.2, 0.25) is 0 Å². The maximum Gasteiger partial charge on any atom is 0.416 e. The molecule has 1 aliphatic rings. The average Bonchev–Trinajstić information content (AvgIpc) is 2.76. The van der Waals surface area contributed by atoms with E-state index in [0.717, 1.165) is 0 Å². The third kappa shape index (κ3) is 5.80. The van der Waals surface area contributed by atoms with Crippen molar-refractivity contribution in [1.82, 2.24) is 4.90 Å². The molecular formula is C18H31NO5. The minimum atomic E-state index is -0.614. The number of ether oxygens (including phenoxy) is 2. The Morgan fingerprint density at radius 3 is 2.29 bits per heavy atom. The van der Waals surface area contributed by atoms with Crippen LogP contribution in [0.4, 0.5) is 4.79 Å². The van der Waals surface area contributed by atoms with Gasteiger partial charge in [0.1, 0.15) is 12.2 Å². The number of amides is 2. The molecule has 0 spiro atoms. The third-order valence-corrected chi connectivity index (χ3v) is 3.85. The molecular weight excluding hydrogens is 310 g/mol. The SMILES string of the molecule is CC(C)C[C@H](CC(=O)OC(C)(C)C)C(=O)N1C(=O)OC[C@@H]1C(C)C. The minimum absolute atomic E-state index is 0.0249. The van der Waals surface area contributed by atoms with Gasteiger partial charge in [-0.2, -0.15) is 0 Å². The fraction of sp³-hybridized carbons (Fsp3) is 0.833. The van der Waals surface area contributed by atoms with Crippen molar-refractivity contribution in [1.29, 1.82) is 0 Å². The lowest BCUT2D eigenvalue weighted by Gasteiger charge is -2.28. The lowest BCUT2D eigenvalue weighted by Crippen LogP contribution is -2.45. The Hall–Kier alpha value is -1.59. The molecule has 0 aromatic carbocycles. The lowest BCUT2D eigenvalue weighted by atomic mass is 9.91. The Bertz CT molecular complexity index is 478. The van der Waals surface area contributed by atoms with Crippen LogP contribution < -0.4 is 0 Å². The fourth-order valence-electron chi connectivity index (χ4n) is 2.80. The van der Waals surface area contributed by atoms with Crippen molar-refractivity contribution < 1.29 is 23.9 Å². The molecule has 0 aromatic heterocycles. The van der Waals surface area contributed by atoms with Gasteiger partial charge < -0.3 is 9.47 Å². The van der Waals surface area contributed by atoms with Crippen LogP contribution in [-0.4, -0.2) is 41.1 Å². The van der Waals surface area contributed by atoms with Crippen LogP contribution in [0.5, 0.6) is 0 Å². The van der Waals surface area contributed by atoms with Gasteiger partial charge in [-0.3, -0.25) is 9.59 Å². The number of cyclic esters (lactones) is 1. The van der Waals surface area contributed by atoms with E-state index in [4.69, 9.17) is 9.47 Å². The van der Waals surface area contributed by atoms with Crippen LogP contribution in [0.1, 0.15) is 61.3 Å². The average molecular weight is 341 g/mol. The number of rotatable bonds is 6. The molecule has 1 rings (SSSR count). The molecule has 1 fully saturated rings. The molecule has 6 heteroatoms. The molecule has 6 nitrogen and oxygen atoms in total. The topological polar surface area (TPSA) is 72.9 Å². The van der Waals surface area contributed by atoms with Gasteiger partial charge in [0.15, 0.2) is 0 Å². The minimum Gasteiger partial charge on any atom is -0.460 e. The largest absolute Gasteiger partial charge is 0.460 e. The van der Waals surface area contributed by atoms with Gasteiger partial charge in [-0.1, -0.05) is 27.7 Å².